The number of H-pyrrole nitrogens is 2. The van der Waals surface area contributed by atoms with E-state index < -0.39 is 5.24 Å². The first-order valence-electron chi connectivity index (χ1n) is 19.6. The SMILES string of the molecule is COC(=O)c1cc2[nH]c(-c3ccccc3N)c(C3CCCCC3)c2s1.COC(=O)c1cc2[nH]c(-c3ccccc3NC(=O)CCl)c(C3CCCCC3)c2s1.O=C(Cl)CCl. The Balaban J connectivity index is 0.000000180. The van der Waals surface area contributed by atoms with Crippen molar-refractivity contribution in [2.45, 2.75) is 76.0 Å². The number of rotatable bonds is 9. The highest BCUT2D eigenvalue weighted by molar-refractivity contribution is 7.21. The van der Waals surface area contributed by atoms with Crippen LogP contribution in [0.1, 0.15) is 107 Å². The van der Waals surface area contributed by atoms with Crippen molar-refractivity contribution in [3.63, 3.8) is 0 Å². The van der Waals surface area contributed by atoms with Gasteiger partial charge in [-0.15, -0.1) is 45.9 Å². The Hall–Kier alpha value is -4.33. The molecule has 0 spiro atoms. The van der Waals surface area contributed by atoms with Crippen LogP contribution in [0.3, 0.4) is 0 Å². The number of esters is 2. The molecule has 2 aromatic carbocycles. The first kappa shape index (κ1) is 44.2. The van der Waals surface area contributed by atoms with Crippen LogP contribution in [-0.4, -0.2) is 59.0 Å². The lowest BCUT2D eigenvalue weighted by atomic mass is 9.83. The van der Waals surface area contributed by atoms with Crippen LogP contribution in [0.2, 0.25) is 0 Å². The third kappa shape index (κ3) is 10.3. The van der Waals surface area contributed by atoms with Crippen LogP contribution in [0.4, 0.5) is 11.4 Å². The van der Waals surface area contributed by atoms with Gasteiger partial charge in [0, 0.05) is 16.8 Å². The Bertz CT molecular complexity index is 2420. The fourth-order valence-corrected chi connectivity index (χ4v) is 10.5. The zero-order valence-corrected chi connectivity index (χ0v) is 36.8. The summed E-state index contributed by atoms with van der Waals surface area (Å²) in [6.07, 6.45) is 12.1. The number of halogens is 3. The van der Waals surface area contributed by atoms with E-state index in [1.807, 2.05) is 54.6 Å². The molecule has 4 aromatic heterocycles. The minimum atomic E-state index is -0.508. The maximum absolute atomic E-state index is 12.0. The minimum Gasteiger partial charge on any atom is -0.465 e. The standard InChI is InChI=1S/C22H23ClN2O3S.C20H22N2O2S.C2H2Cl2O/c1-28-22(27)17-11-16-21(29-17)19(13-7-3-2-4-8-13)20(25-16)14-9-5-6-10-15(14)24-18(26)12-23;1-24-20(23)16-11-15-19(25-16)17(12-7-3-2-4-8-12)18(22-15)13-9-5-6-10-14(13)21;3-1-2(4)5/h5-6,9-11,13,25H,2-4,7-8,12H2,1H3,(H,24,26);5-6,9-12,22H,2-4,7-8,21H2,1H3;1H2. The number of carbonyl (C=O) groups excluding carboxylic acids is 4. The average molecular weight is 898 g/mol. The van der Waals surface area contributed by atoms with Crippen molar-refractivity contribution >= 4 is 112 Å². The number of anilines is 2. The molecule has 5 N–H and O–H groups in total. The number of benzene rings is 2. The van der Waals surface area contributed by atoms with E-state index in [0.29, 0.717) is 21.6 Å². The Morgan fingerprint density at radius 2 is 1.14 bits per heavy atom. The Kier molecular flexibility index (Phi) is 15.6. The van der Waals surface area contributed by atoms with Gasteiger partial charge in [-0.2, -0.15) is 0 Å². The molecule has 6 aromatic rings. The molecule has 2 fully saturated rings. The third-order valence-corrected chi connectivity index (χ3v) is 13.8. The molecule has 0 unspecified atom stereocenters. The molecular formula is C44H47Cl3N4O6S2. The van der Waals surface area contributed by atoms with Crippen molar-refractivity contribution < 1.29 is 28.7 Å². The molecule has 0 atom stereocenters. The van der Waals surface area contributed by atoms with Crippen LogP contribution in [0.25, 0.3) is 42.9 Å². The lowest BCUT2D eigenvalue weighted by molar-refractivity contribution is -0.114. The van der Waals surface area contributed by atoms with Crippen molar-refractivity contribution in [2.24, 2.45) is 0 Å². The van der Waals surface area contributed by atoms with E-state index in [1.165, 1.54) is 104 Å². The van der Waals surface area contributed by atoms with Gasteiger partial charge in [-0.1, -0.05) is 74.9 Å². The number of aromatic amines is 2. The molecule has 2 saturated carbocycles. The number of nitrogens with one attached hydrogen (secondary N) is 3. The zero-order chi connectivity index (χ0) is 42.1. The van der Waals surface area contributed by atoms with Crippen LogP contribution in [0, 0.1) is 0 Å². The van der Waals surface area contributed by atoms with E-state index in [4.69, 9.17) is 50.0 Å². The molecule has 312 valence electrons. The summed E-state index contributed by atoms with van der Waals surface area (Å²) in [7, 11) is 2.83. The van der Waals surface area contributed by atoms with Crippen molar-refractivity contribution in [2.75, 3.05) is 37.0 Å². The lowest BCUT2D eigenvalue weighted by Gasteiger charge is -2.23. The number of nitrogen functional groups attached to an aromatic ring is 1. The van der Waals surface area contributed by atoms with Gasteiger partial charge in [0.25, 0.3) is 0 Å². The quantitative estimate of drug-likeness (QED) is 0.0487. The second-order valence-corrected chi connectivity index (χ2v) is 17.6. The molecule has 15 heteroatoms. The minimum absolute atomic E-state index is 0.0911. The molecule has 10 nitrogen and oxygen atoms in total. The Labute approximate surface area is 366 Å². The number of methoxy groups -OCH3 is 2. The Morgan fingerprint density at radius 1 is 0.695 bits per heavy atom. The van der Waals surface area contributed by atoms with Gasteiger partial charge in [-0.05, 0) is 84.5 Å². The largest absolute Gasteiger partial charge is 0.465 e. The van der Waals surface area contributed by atoms with Gasteiger partial charge in [0.05, 0.1) is 57.6 Å². The highest BCUT2D eigenvalue weighted by Gasteiger charge is 2.29. The average Bonchev–Trinajstić information content (AvgIpc) is 4.04. The third-order valence-electron chi connectivity index (χ3n) is 10.7. The number of para-hydroxylation sites is 2. The van der Waals surface area contributed by atoms with Crippen molar-refractivity contribution in [1.29, 1.82) is 0 Å². The van der Waals surface area contributed by atoms with Gasteiger partial charge in [0.1, 0.15) is 15.6 Å². The van der Waals surface area contributed by atoms with Crippen molar-refractivity contribution in [1.82, 2.24) is 9.97 Å². The molecule has 1 amide bonds. The predicted octanol–water partition coefficient (Wildman–Crippen LogP) is 12.2. The molecule has 4 heterocycles. The van der Waals surface area contributed by atoms with Gasteiger partial charge < -0.3 is 30.5 Å². The van der Waals surface area contributed by atoms with Crippen LogP contribution in [0.5, 0.6) is 0 Å². The van der Waals surface area contributed by atoms with Crippen LogP contribution >= 0.6 is 57.5 Å². The summed E-state index contributed by atoms with van der Waals surface area (Å²) in [6, 6.07) is 19.5. The van der Waals surface area contributed by atoms with E-state index in [0.717, 1.165) is 62.5 Å². The molecule has 0 radical (unpaired) electrons. The van der Waals surface area contributed by atoms with E-state index in [9.17, 15) is 19.2 Å². The van der Waals surface area contributed by atoms with Gasteiger partial charge in [-0.25, -0.2) is 9.59 Å². The number of carbonyl (C=O) groups is 4. The maximum atomic E-state index is 12.0. The fourth-order valence-electron chi connectivity index (χ4n) is 8.11. The molecular weight excluding hydrogens is 851 g/mol. The topological polar surface area (TPSA) is 156 Å². The number of alkyl halides is 2. The number of hydrogen-bond donors (Lipinski definition) is 4. The van der Waals surface area contributed by atoms with Gasteiger partial charge in [0.2, 0.25) is 11.1 Å². The van der Waals surface area contributed by atoms with Crippen molar-refractivity contribution in [3.05, 3.63) is 81.5 Å². The summed E-state index contributed by atoms with van der Waals surface area (Å²) in [5.41, 5.74) is 16.4. The molecule has 8 rings (SSSR count). The van der Waals surface area contributed by atoms with E-state index in [2.05, 4.69) is 21.4 Å². The van der Waals surface area contributed by atoms with Gasteiger partial charge in [-0.3, -0.25) is 9.59 Å². The number of fused-ring (bicyclic) bond motifs is 2. The monoisotopic (exact) mass is 896 g/mol. The van der Waals surface area contributed by atoms with E-state index in [-0.39, 0.29) is 29.6 Å². The molecule has 2 aliphatic carbocycles. The number of hydrogen-bond acceptors (Lipinski definition) is 9. The van der Waals surface area contributed by atoms with Gasteiger partial charge in [0.15, 0.2) is 0 Å². The van der Waals surface area contributed by atoms with Crippen molar-refractivity contribution in [3.8, 4) is 22.5 Å². The summed E-state index contributed by atoms with van der Waals surface area (Å²) in [6.45, 7) is 0. The summed E-state index contributed by atoms with van der Waals surface area (Å²) in [4.78, 5) is 53.7. The lowest BCUT2D eigenvalue weighted by Crippen LogP contribution is -2.13. The molecule has 2 aliphatic rings. The first-order chi connectivity index (χ1) is 28.6. The first-order valence-corrected chi connectivity index (χ1v) is 22.7. The molecule has 0 bridgehead atoms. The fraction of sp³-hybridized carbons (Fsp3) is 0.364. The number of ether oxygens (including phenoxy) is 2. The summed E-state index contributed by atoms with van der Waals surface area (Å²) in [5, 5.41) is 2.39. The molecule has 0 saturated heterocycles. The molecule has 0 aliphatic heterocycles. The zero-order valence-electron chi connectivity index (χ0n) is 32.9. The maximum Gasteiger partial charge on any atom is 0.348 e. The second-order valence-electron chi connectivity index (χ2n) is 14.5. The van der Waals surface area contributed by atoms with Gasteiger partial charge >= 0.3 is 11.9 Å². The second kappa shape index (κ2) is 20.8. The number of amides is 1. The predicted molar refractivity (Wildman–Crippen MR) is 243 cm³/mol. The summed E-state index contributed by atoms with van der Waals surface area (Å²) in [5.74, 6) is -0.0712. The number of thiophene rings is 2. The summed E-state index contributed by atoms with van der Waals surface area (Å²) < 4.78 is 12.1. The highest BCUT2D eigenvalue weighted by Crippen LogP contribution is 2.47. The smallest absolute Gasteiger partial charge is 0.348 e. The summed E-state index contributed by atoms with van der Waals surface area (Å²) >= 11 is 18.2. The highest BCUT2D eigenvalue weighted by atomic mass is 35.5. The van der Waals surface area contributed by atoms with Crippen LogP contribution in [0.15, 0.2) is 60.7 Å². The number of nitrogens with two attached hydrogens (primary N) is 1. The van der Waals surface area contributed by atoms with E-state index >= 15 is 0 Å². The number of aromatic nitrogens is 2. The molecule has 59 heavy (non-hydrogen) atoms. The Morgan fingerprint density at radius 3 is 1.58 bits per heavy atom. The van der Waals surface area contributed by atoms with Crippen LogP contribution < -0.4 is 11.1 Å². The van der Waals surface area contributed by atoms with Crippen LogP contribution in [-0.2, 0) is 19.1 Å². The normalized spacial score (nSPS) is 14.5. The van der Waals surface area contributed by atoms with E-state index in [1.54, 1.807) is 0 Å².